The predicted molar refractivity (Wildman–Crippen MR) is 157 cm³/mol. The van der Waals surface area contributed by atoms with Crippen LogP contribution in [0.4, 0.5) is 0 Å². The van der Waals surface area contributed by atoms with E-state index in [-0.39, 0.29) is 49.5 Å². The Labute approximate surface area is 234 Å². The van der Waals surface area contributed by atoms with Crippen LogP contribution in [0, 0.1) is 16.7 Å². The van der Waals surface area contributed by atoms with Gasteiger partial charge in [0.2, 0.25) is 8.32 Å². The summed E-state index contributed by atoms with van der Waals surface area (Å²) in [6.45, 7) is 27.2. The highest BCUT2D eigenvalue weighted by Gasteiger charge is 2.78. The van der Waals surface area contributed by atoms with Gasteiger partial charge in [0.25, 0.3) is 0 Å². The van der Waals surface area contributed by atoms with E-state index in [1.165, 1.54) is 0 Å². The number of carbonyl (C=O) groups excluding carboxylic acids is 2. The Bertz CT molecular complexity index is 856. The highest BCUT2D eigenvalue weighted by atomic mass is 28.4. The number of esters is 2. The number of cyclic esters (lactones) is 1. The Morgan fingerprint density at radius 1 is 0.895 bits per heavy atom. The molecule has 2 aliphatic heterocycles. The maximum atomic E-state index is 13.2. The van der Waals surface area contributed by atoms with Crippen LogP contribution in [0.15, 0.2) is 0 Å². The monoisotopic (exact) mass is 568 g/mol. The van der Waals surface area contributed by atoms with Gasteiger partial charge in [-0.1, -0.05) is 69.2 Å². The summed E-state index contributed by atoms with van der Waals surface area (Å²) in [6.07, 6.45) is 0.728. The number of ether oxygens (including phenoxy) is 2. The highest BCUT2D eigenvalue weighted by molar-refractivity contribution is 6.77. The van der Waals surface area contributed by atoms with Crippen molar-refractivity contribution in [3.8, 4) is 0 Å². The van der Waals surface area contributed by atoms with Crippen molar-refractivity contribution in [3.63, 3.8) is 0 Å². The van der Waals surface area contributed by atoms with Crippen LogP contribution in [0.5, 0.6) is 0 Å². The molecule has 3 rings (SSSR count). The molecule has 0 N–H and O–H groups in total. The second-order valence-corrected chi connectivity index (χ2v) is 24.0. The van der Waals surface area contributed by atoms with Gasteiger partial charge in [0.15, 0.2) is 8.32 Å². The summed E-state index contributed by atoms with van der Waals surface area (Å²) in [5, 5.41) is 0. The number of hydrogen-bond donors (Lipinski definition) is 0. The van der Waals surface area contributed by atoms with Crippen LogP contribution in [-0.2, 0) is 27.9 Å². The van der Waals surface area contributed by atoms with E-state index in [0.29, 0.717) is 23.0 Å². The molecule has 2 saturated heterocycles. The molecule has 3 aliphatic rings. The minimum atomic E-state index is -2.21. The van der Waals surface area contributed by atoms with E-state index in [1.807, 2.05) is 0 Å². The highest BCUT2D eigenvalue weighted by Crippen LogP contribution is 2.70. The van der Waals surface area contributed by atoms with E-state index >= 15 is 0 Å². The second kappa shape index (κ2) is 10.9. The Morgan fingerprint density at radius 3 is 1.87 bits per heavy atom. The van der Waals surface area contributed by atoms with Crippen LogP contribution >= 0.6 is 0 Å². The third-order valence-electron chi connectivity index (χ3n) is 11.7. The molecule has 0 bridgehead atoms. The van der Waals surface area contributed by atoms with Gasteiger partial charge in [-0.05, 0) is 54.5 Å². The Hall–Kier alpha value is -0.706. The summed E-state index contributed by atoms with van der Waals surface area (Å²) in [5.41, 5.74) is -0.862. The molecule has 0 aromatic heterocycles. The summed E-state index contributed by atoms with van der Waals surface area (Å²) in [5.74, 6) is -0.450. The van der Waals surface area contributed by atoms with Crippen LogP contribution < -0.4 is 0 Å². The first-order valence-corrected chi connectivity index (χ1v) is 20.0. The maximum absolute atomic E-state index is 13.2. The van der Waals surface area contributed by atoms with Crippen molar-refractivity contribution < 1.29 is 27.9 Å². The zero-order valence-electron chi connectivity index (χ0n) is 26.4. The molecular weight excluding hydrogens is 512 g/mol. The van der Waals surface area contributed by atoms with Crippen molar-refractivity contribution in [2.75, 3.05) is 6.61 Å². The molecule has 3 fully saturated rings. The van der Waals surface area contributed by atoms with E-state index in [0.717, 1.165) is 18.1 Å². The molecule has 0 amide bonds. The number of carbonyl (C=O) groups is 2. The first-order valence-electron chi connectivity index (χ1n) is 15.3. The molecule has 0 aromatic rings. The molecule has 0 spiro atoms. The number of rotatable bonds is 11. The lowest BCUT2D eigenvalue weighted by atomic mass is 9.56. The van der Waals surface area contributed by atoms with Crippen LogP contribution in [0.25, 0.3) is 0 Å². The van der Waals surface area contributed by atoms with Crippen molar-refractivity contribution in [2.24, 2.45) is 16.7 Å². The molecule has 8 heteroatoms. The molecule has 38 heavy (non-hydrogen) atoms. The summed E-state index contributed by atoms with van der Waals surface area (Å²) in [4.78, 5) is 26.5. The van der Waals surface area contributed by atoms with E-state index in [4.69, 9.17) is 18.3 Å². The van der Waals surface area contributed by atoms with Crippen molar-refractivity contribution in [2.45, 2.75) is 155 Å². The minimum absolute atomic E-state index is 0.0141. The fourth-order valence-corrected chi connectivity index (χ4v) is 17.7. The molecule has 6 nitrogen and oxygen atoms in total. The summed E-state index contributed by atoms with van der Waals surface area (Å²) in [7, 11) is -4.19. The molecule has 220 valence electrons. The largest absolute Gasteiger partial charge is 0.465 e. The maximum Gasteiger partial charge on any atom is 0.307 e. The lowest BCUT2D eigenvalue weighted by Crippen LogP contribution is -2.62. The van der Waals surface area contributed by atoms with Gasteiger partial charge in [-0.2, -0.15) is 0 Å². The average molecular weight is 569 g/mol. The molecule has 0 aromatic carbocycles. The van der Waals surface area contributed by atoms with Crippen molar-refractivity contribution >= 4 is 28.6 Å². The SMILES string of the molecule is CC[Si](CC)(CC)O[C@H](C)[C@]1(C)COC(=O)C[C@]23CC(=O)O[C@@]21C[C@@H](O[Si](C(C)C)(C(C)C)C(C)C)[C@H]3C. The van der Waals surface area contributed by atoms with E-state index in [9.17, 15) is 9.59 Å². The van der Waals surface area contributed by atoms with Gasteiger partial charge >= 0.3 is 11.9 Å². The molecule has 1 aliphatic carbocycles. The van der Waals surface area contributed by atoms with E-state index in [1.54, 1.807) is 0 Å². The standard InChI is InChI=1S/C30H56O6Si2/c1-13-37(14-2,15-3)35-24(11)28(12)19-33-26(31)17-29-18-27(32)34-30(28,29)16-25(23(29)10)36-38(20(4)5,21(6)7)22(8)9/h20-25H,13-19H2,1-12H3/t23-,24-,25-,28+,29-,30-/m1/s1. The van der Waals surface area contributed by atoms with E-state index < -0.39 is 33.1 Å². The van der Waals surface area contributed by atoms with E-state index in [2.05, 4.69) is 83.1 Å². The third-order valence-corrected chi connectivity index (χ3v) is 22.5. The smallest absolute Gasteiger partial charge is 0.307 e. The fraction of sp³-hybridized carbons (Fsp3) is 0.933. The lowest BCUT2D eigenvalue weighted by Gasteiger charge is -2.52. The van der Waals surface area contributed by atoms with Crippen molar-refractivity contribution in [3.05, 3.63) is 0 Å². The molecule has 0 radical (unpaired) electrons. The van der Waals surface area contributed by atoms with Crippen LogP contribution in [0.2, 0.25) is 34.8 Å². The Kier molecular flexibility index (Phi) is 9.16. The van der Waals surface area contributed by atoms with Gasteiger partial charge in [-0.15, -0.1) is 0 Å². The molecule has 0 unspecified atom stereocenters. The second-order valence-electron chi connectivity index (χ2n) is 13.9. The zero-order chi connectivity index (χ0) is 28.9. The van der Waals surface area contributed by atoms with Crippen molar-refractivity contribution in [1.82, 2.24) is 0 Å². The van der Waals surface area contributed by atoms with Crippen LogP contribution in [0.1, 0.15) is 102 Å². The van der Waals surface area contributed by atoms with Crippen LogP contribution in [0.3, 0.4) is 0 Å². The van der Waals surface area contributed by atoms with Gasteiger partial charge in [0, 0.05) is 11.8 Å². The average Bonchev–Trinajstić information content (AvgIpc) is 3.21. The lowest BCUT2D eigenvalue weighted by molar-refractivity contribution is -0.191. The zero-order valence-corrected chi connectivity index (χ0v) is 28.4. The first kappa shape index (κ1) is 31.8. The predicted octanol–water partition coefficient (Wildman–Crippen LogP) is 7.62. The van der Waals surface area contributed by atoms with Gasteiger partial charge in [0.05, 0.1) is 30.5 Å². The van der Waals surface area contributed by atoms with Crippen molar-refractivity contribution in [1.29, 1.82) is 0 Å². The molecule has 6 atom stereocenters. The Balaban J connectivity index is 2.16. The third kappa shape index (κ3) is 4.48. The first-order chi connectivity index (χ1) is 17.6. The van der Waals surface area contributed by atoms with Gasteiger partial charge in [-0.3, -0.25) is 9.59 Å². The van der Waals surface area contributed by atoms with Gasteiger partial charge in [0.1, 0.15) is 12.2 Å². The molecule has 2 heterocycles. The van der Waals surface area contributed by atoms with Crippen LogP contribution in [-0.4, -0.2) is 53.0 Å². The number of hydrogen-bond acceptors (Lipinski definition) is 6. The summed E-state index contributed by atoms with van der Waals surface area (Å²) >= 11 is 0. The minimum Gasteiger partial charge on any atom is -0.465 e. The summed E-state index contributed by atoms with van der Waals surface area (Å²) in [6, 6.07) is 3.10. The topological polar surface area (TPSA) is 71.1 Å². The van der Waals surface area contributed by atoms with Gasteiger partial charge in [-0.25, -0.2) is 0 Å². The normalized spacial score (nSPS) is 34.8. The molecular formula is C30H56O6Si2. The Morgan fingerprint density at radius 2 is 1.39 bits per heavy atom. The molecule has 1 saturated carbocycles. The van der Waals surface area contributed by atoms with Gasteiger partial charge < -0.3 is 18.3 Å². The summed E-state index contributed by atoms with van der Waals surface area (Å²) < 4.78 is 27.0. The quantitative estimate of drug-likeness (QED) is 0.189. The fourth-order valence-electron chi connectivity index (χ4n) is 9.03.